The Morgan fingerprint density at radius 3 is 2.68 bits per heavy atom. The predicted molar refractivity (Wildman–Crippen MR) is 85.5 cm³/mol. The largest absolute Gasteiger partial charge is 0.389 e. The number of aliphatic hydroxyl groups is 1. The zero-order chi connectivity index (χ0) is 16.4. The van der Waals surface area contributed by atoms with E-state index in [9.17, 15) is 5.11 Å². The molecule has 5 nitrogen and oxygen atoms in total. The van der Waals surface area contributed by atoms with Crippen LogP contribution >= 0.6 is 0 Å². The summed E-state index contributed by atoms with van der Waals surface area (Å²) >= 11 is 0. The summed E-state index contributed by atoms with van der Waals surface area (Å²) in [5, 5.41) is 10.2. The van der Waals surface area contributed by atoms with Crippen molar-refractivity contribution >= 4 is 16.9 Å². The van der Waals surface area contributed by atoms with Crippen LogP contribution in [0.2, 0.25) is 0 Å². The van der Waals surface area contributed by atoms with Gasteiger partial charge in [-0.25, -0.2) is 9.98 Å². The highest BCUT2D eigenvalue weighted by atomic mass is 16.3. The van der Waals surface area contributed by atoms with Crippen LogP contribution < -0.4 is 5.49 Å². The molecule has 0 atom stereocenters. The molecule has 0 aliphatic carbocycles. The zero-order valence-corrected chi connectivity index (χ0v) is 12.6. The summed E-state index contributed by atoms with van der Waals surface area (Å²) in [6.45, 7) is 3.75. The van der Waals surface area contributed by atoms with Crippen molar-refractivity contribution in [3.8, 4) is 0 Å². The Hall–Kier alpha value is -2.53. The molecule has 3 aromatic rings. The fourth-order valence-corrected chi connectivity index (χ4v) is 2.25. The second-order valence-corrected chi connectivity index (χ2v) is 5.75. The third-order valence-corrected chi connectivity index (χ3v) is 3.13. The van der Waals surface area contributed by atoms with E-state index >= 15 is 0 Å². The number of rotatable bonds is 3. The average molecular weight is 295 g/mol. The molecule has 0 unspecified atom stereocenters. The van der Waals surface area contributed by atoms with Gasteiger partial charge >= 0.3 is 0 Å². The Kier molecular flexibility index (Phi) is 3.40. The predicted octanol–water partition coefficient (Wildman–Crippen LogP) is 2.43. The number of hydrogen-bond donors (Lipinski definition) is 1. The Bertz CT molecular complexity index is 898. The molecule has 22 heavy (non-hydrogen) atoms. The van der Waals surface area contributed by atoms with Crippen molar-refractivity contribution in [3.63, 3.8) is 0 Å². The lowest BCUT2D eigenvalue weighted by molar-refractivity contribution is 0.0614. The second-order valence-electron chi connectivity index (χ2n) is 5.75. The lowest BCUT2D eigenvalue weighted by Crippen LogP contribution is -2.33. The summed E-state index contributed by atoms with van der Waals surface area (Å²) in [5.74, 6) is 0. The zero-order valence-electron chi connectivity index (χ0n) is 13.6. The summed E-state index contributed by atoms with van der Waals surface area (Å²) in [6, 6.07) is 13.3. The van der Waals surface area contributed by atoms with E-state index in [2.05, 4.69) is 15.0 Å². The first kappa shape index (κ1) is 13.2. The fourth-order valence-electron chi connectivity index (χ4n) is 2.25. The van der Waals surface area contributed by atoms with Crippen LogP contribution in [0.15, 0.2) is 59.8 Å². The number of benzene rings is 1. The molecule has 0 saturated carbocycles. The van der Waals surface area contributed by atoms with Gasteiger partial charge in [-0.05, 0) is 38.1 Å². The summed E-state index contributed by atoms with van der Waals surface area (Å²) < 4.78 is 9.52. The molecule has 0 amide bonds. The Morgan fingerprint density at radius 2 is 1.95 bits per heavy atom. The topological polar surface area (TPSA) is 63.3 Å². The number of aromatic nitrogens is 3. The van der Waals surface area contributed by atoms with Gasteiger partial charge in [-0.2, -0.15) is 0 Å². The molecule has 0 spiro atoms. The maximum atomic E-state index is 10.2. The molecule has 2 heterocycles. The van der Waals surface area contributed by atoms with Gasteiger partial charge < -0.3 is 9.67 Å². The number of hydrogen-bond acceptors (Lipinski definition) is 4. The Labute approximate surface area is 130 Å². The van der Waals surface area contributed by atoms with Crippen molar-refractivity contribution in [2.75, 3.05) is 0 Å². The van der Waals surface area contributed by atoms with E-state index in [4.69, 9.17) is 1.37 Å². The van der Waals surface area contributed by atoms with Crippen LogP contribution in [0.4, 0.5) is 5.69 Å². The minimum Gasteiger partial charge on any atom is -0.389 e. The third-order valence-electron chi connectivity index (χ3n) is 3.13. The van der Waals surface area contributed by atoms with Gasteiger partial charge in [0.05, 0.1) is 19.2 Å². The van der Waals surface area contributed by atoms with Crippen molar-refractivity contribution in [1.82, 2.24) is 14.5 Å². The molecular weight excluding hydrogens is 276 g/mol. The van der Waals surface area contributed by atoms with Gasteiger partial charge in [0.2, 0.25) is 0 Å². The number of para-hydroxylation sites is 1. The summed E-state index contributed by atoms with van der Waals surface area (Å²) in [4.78, 5) is 13.1. The molecule has 0 saturated heterocycles. The second kappa shape index (κ2) is 5.69. The third kappa shape index (κ3) is 3.20. The molecule has 0 aliphatic heterocycles. The average Bonchev–Trinajstić information content (AvgIpc) is 2.50. The van der Waals surface area contributed by atoms with Gasteiger partial charge in [0.25, 0.3) is 0 Å². The standard InChI is InChI=1S/C17H18N4O/c1-17(2,22)12-21-15(20-13-6-4-3-5-7-13)9-8-14-16(21)19-11-10-18-14/h3-11,22H,12H2,1-2H3/i11D. The first-order chi connectivity index (χ1) is 10.9. The molecule has 2 aromatic heterocycles. The quantitative estimate of drug-likeness (QED) is 0.807. The van der Waals surface area contributed by atoms with Crippen LogP contribution in [0, 0.1) is 0 Å². The maximum absolute atomic E-state index is 10.2. The van der Waals surface area contributed by atoms with Crippen LogP contribution in [0.25, 0.3) is 11.2 Å². The highest BCUT2D eigenvalue weighted by Crippen LogP contribution is 2.12. The van der Waals surface area contributed by atoms with E-state index in [1.54, 1.807) is 18.4 Å². The molecule has 3 rings (SSSR count). The van der Waals surface area contributed by atoms with E-state index < -0.39 is 5.60 Å². The van der Waals surface area contributed by atoms with Gasteiger partial charge in [-0.1, -0.05) is 18.2 Å². The molecule has 0 bridgehead atoms. The van der Waals surface area contributed by atoms with E-state index in [-0.39, 0.29) is 6.17 Å². The van der Waals surface area contributed by atoms with E-state index in [1.165, 1.54) is 6.20 Å². The SMILES string of the molecule is [2H]c1cnc2ccc(=Nc3ccccc3)n(CC(C)(C)O)c2n1. The maximum Gasteiger partial charge on any atom is 0.160 e. The first-order valence-electron chi connectivity index (χ1n) is 7.58. The smallest absolute Gasteiger partial charge is 0.160 e. The van der Waals surface area contributed by atoms with Crippen LogP contribution in [0.1, 0.15) is 15.2 Å². The Morgan fingerprint density at radius 1 is 1.18 bits per heavy atom. The van der Waals surface area contributed by atoms with E-state index in [0.29, 0.717) is 23.2 Å². The normalized spacial score (nSPS) is 13.4. The molecule has 112 valence electrons. The minimum absolute atomic E-state index is 0.0823. The molecular formula is C17H18N4O. The highest BCUT2D eigenvalue weighted by molar-refractivity contribution is 5.69. The van der Waals surface area contributed by atoms with Crippen LogP contribution in [-0.2, 0) is 6.54 Å². The molecule has 0 radical (unpaired) electrons. The van der Waals surface area contributed by atoms with E-state index in [1.807, 2.05) is 42.5 Å². The van der Waals surface area contributed by atoms with Gasteiger partial charge in [0.15, 0.2) is 5.65 Å². The highest BCUT2D eigenvalue weighted by Gasteiger charge is 2.16. The molecule has 5 heteroatoms. The Balaban J connectivity index is 2.29. The van der Waals surface area contributed by atoms with Crippen molar-refractivity contribution < 1.29 is 6.48 Å². The van der Waals surface area contributed by atoms with Crippen molar-refractivity contribution in [3.05, 3.63) is 60.3 Å². The fraction of sp³-hybridized carbons (Fsp3) is 0.235. The van der Waals surface area contributed by atoms with Crippen LogP contribution in [0.3, 0.4) is 0 Å². The lowest BCUT2D eigenvalue weighted by atomic mass is 10.1. The minimum atomic E-state index is -0.945. The van der Waals surface area contributed by atoms with E-state index in [0.717, 1.165) is 5.69 Å². The van der Waals surface area contributed by atoms with Crippen molar-refractivity contribution in [2.24, 2.45) is 4.99 Å². The molecule has 0 aliphatic rings. The lowest BCUT2D eigenvalue weighted by Gasteiger charge is -2.20. The summed E-state index contributed by atoms with van der Waals surface area (Å²) in [7, 11) is 0. The van der Waals surface area contributed by atoms with Gasteiger partial charge in [0.1, 0.15) is 11.0 Å². The molecule has 0 fully saturated rings. The number of pyridine rings is 1. The first-order valence-corrected chi connectivity index (χ1v) is 7.08. The summed E-state index contributed by atoms with van der Waals surface area (Å²) in [5.41, 5.74) is 1.73. The van der Waals surface area contributed by atoms with Crippen molar-refractivity contribution in [1.29, 1.82) is 0 Å². The van der Waals surface area contributed by atoms with Crippen LogP contribution in [-0.4, -0.2) is 25.2 Å². The van der Waals surface area contributed by atoms with Gasteiger partial charge in [-0.3, -0.25) is 4.98 Å². The molecule has 1 aromatic carbocycles. The number of fused-ring (bicyclic) bond motifs is 1. The summed E-state index contributed by atoms with van der Waals surface area (Å²) in [6.07, 6.45) is 1.49. The van der Waals surface area contributed by atoms with Crippen molar-refractivity contribution in [2.45, 2.75) is 26.0 Å². The van der Waals surface area contributed by atoms with Crippen LogP contribution in [0.5, 0.6) is 0 Å². The molecule has 1 N–H and O–H groups in total. The monoisotopic (exact) mass is 295 g/mol. The van der Waals surface area contributed by atoms with Gasteiger partial charge in [0, 0.05) is 12.4 Å². The number of nitrogens with zero attached hydrogens (tertiary/aromatic N) is 4. The van der Waals surface area contributed by atoms with Gasteiger partial charge in [-0.15, -0.1) is 0 Å².